The molecule has 0 aliphatic carbocycles. The number of pyridine rings is 1. The van der Waals surface area contributed by atoms with Gasteiger partial charge in [0, 0.05) is 24.8 Å². The molecule has 0 aliphatic heterocycles. The van der Waals surface area contributed by atoms with Crippen LogP contribution in [-0.2, 0) is 32.7 Å². The summed E-state index contributed by atoms with van der Waals surface area (Å²) < 4.78 is 49.8. The topological polar surface area (TPSA) is 103 Å². The summed E-state index contributed by atoms with van der Waals surface area (Å²) in [6.07, 6.45) is 1.53. The number of esters is 1. The summed E-state index contributed by atoms with van der Waals surface area (Å²) in [5.74, 6) is 0.328. The van der Waals surface area contributed by atoms with Crippen molar-refractivity contribution in [2.75, 3.05) is 14.1 Å². The maximum atomic E-state index is 12.9. The molecule has 2 aromatic heterocycles. The minimum absolute atomic E-state index is 0.0277. The third-order valence-corrected chi connectivity index (χ3v) is 5.27. The van der Waals surface area contributed by atoms with Crippen LogP contribution in [-0.4, -0.2) is 39.3 Å². The van der Waals surface area contributed by atoms with E-state index in [2.05, 4.69) is 15.0 Å². The van der Waals surface area contributed by atoms with E-state index in [1.54, 1.807) is 13.0 Å². The maximum absolute atomic E-state index is 12.9. The molecule has 0 bridgehead atoms. The Kier molecular flexibility index (Phi) is 4.81. The number of nitrogens with zero attached hydrogens (tertiary/aromatic N) is 2. The number of ether oxygens (including phenoxy) is 3. The largest absolute Gasteiger partial charge is 0.497 e. The monoisotopic (exact) mass is 406 g/mol. The highest BCUT2D eigenvalue weighted by atomic mass is 32.2. The highest BCUT2D eigenvalue weighted by Crippen LogP contribution is 2.27. The molecule has 1 atom stereocenters. The fourth-order valence-corrected chi connectivity index (χ4v) is 3.82. The molecule has 0 saturated heterocycles. The first-order chi connectivity index (χ1) is 14.6. The quantitative estimate of drug-likeness (QED) is 0.602. The third-order valence-electron chi connectivity index (χ3n) is 4.11. The number of aromatic nitrogens is 3. The van der Waals surface area contributed by atoms with E-state index in [0.717, 1.165) is 0 Å². The van der Waals surface area contributed by atoms with Crippen LogP contribution in [0.4, 0.5) is 0 Å². The van der Waals surface area contributed by atoms with Crippen LogP contribution in [0.15, 0.2) is 29.6 Å². The van der Waals surface area contributed by atoms with Gasteiger partial charge >= 0.3 is 5.97 Å². The number of hydrogen-bond acceptors (Lipinski definition) is 7. The van der Waals surface area contributed by atoms with Crippen LogP contribution >= 0.6 is 0 Å². The average molecular weight is 406 g/mol. The number of carbonyl (C=O) groups excluding carboxylic acids is 1. The van der Waals surface area contributed by atoms with Gasteiger partial charge in [0.1, 0.15) is 18.1 Å². The normalized spacial score (nSPS) is 14.0. The van der Waals surface area contributed by atoms with Crippen LogP contribution < -0.4 is 9.47 Å². The fourth-order valence-electron chi connectivity index (χ4n) is 2.72. The first kappa shape index (κ1) is 16.1. The van der Waals surface area contributed by atoms with E-state index in [0.29, 0.717) is 33.6 Å². The molecule has 9 heteroatoms. The molecule has 0 fully saturated rings. The SMILES string of the molecule is [2H]C([2H])([2H])Oc1ccc2nc(S(=O)Cc3ncc(COC(C)=O)c(OC)c3C)[nH]c2c1. The van der Waals surface area contributed by atoms with E-state index < -0.39 is 23.8 Å². The van der Waals surface area contributed by atoms with E-state index >= 15 is 0 Å². The molecule has 0 radical (unpaired) electrons. The van der Waals surface area contributed by atoms with Gasteiger partial charge < -0.3 is 19.2 Å². The second-order valence-corrected chi connectivity index (χ2v) is 7.35. The summed E-state index contributed by atoms with van der Waals surface area (Å²) in [4.78, 5) is 22.7. The van der Waals surface area contributed by atoms with Crippen molar-refractivity contribution in [1.82, 2.24) is 15.0 Å². The lowest BCUT2D eigenvalue weighted by atomic mass is 10.1. The second-order valence-electron chi connectivity index (χ2n) is 5.98. The van der Waals surface area contributed by atoms with Crippen LogP contribution in [0.5, 0.6) is 11.5 Å². The minimum Gasteiger partial charge on any atom is -0.497 e. The molecule has 28 heavy (non-hydrogen) atoms. The number of imidazole rings is 1. The van der Waals surface area contributed by atoms with E-state index in [4.69, 9.17) is 18.3 Å². The van der Waals surface area contributed by atoms with E-state index in [-0.39, 0.29) is 23.3 Å². The van der Waals surface area contributed by atoms with E-state index in [9.17, 15) is 9.00 Å². The van der Waals surface area contributed by atoms with Crippen LogP contribution in [0, 0.1) is 6.92 Å². The Balaban J connectivity index is 1.82. The Morgan fingerprint density at radius 2 is 2.18 bits per heavy atom. The predicted molar refractivity (Wildman–Crippen MR) is 104 cm³/mol. The Morgan fingerprint density at radius 3 is 2.89 bits per heavy atom. The first-order valence-corrected chi connectivity index (χ1v) is 9.61. The molecule has 0 spiro atoms. The van der Waals surface area contributed by atoms with Crippen molar-refractivity contribution >= 4 is 27.8 Å². The summed E-state index contributed by atoms with van der Waals surface area (Å²) in [6, 6.07) is 4.57. The number of fused-ring (bicyclic) bond motifs is 1. The van der Waals surface area contributed by atoms with Crippen LogP contribution in [0.25, 0.3) is 11.0 Å². The molecule has 2 heterocycles. The summed E-state index contributed by atoms with van der Waals surface area (Å²) >= 11 is 0. The lowest BCUT2D eigenvalue weighted by molar-refractivity contribution is -0.142. The number of hydrogen-bond donors (Lipinski definition) is 1. The van der Waals surface area contributed by atoms with Gasteiger partial charge in [0.25, 0.3) is 0 Å². The van der Waals surface area contributed by atoms with Gasteiger partial charge in [0.05, 0.1) is 57.1 Å². The fraction of sp³-hybridized carbons (Fsp3) is 0.316. The standard InChI is InChI=1S/C19H21N3O5S/c1-11-17(20-8-13(18(11)26-4)9-27-12(2)23)10-28(24)19-21-15-6-5-14(25-3)7-16(15)22-19/h5-8H,9-10H2,1-4H3,(H,21,22)/i3D3. The Bertz CT molecular complexity index is 1150. The van der Waals surface area contributed by atoms with Crippen molar-refractivity contribution in [2.45, 2.75) is 31.4 Å². The van der Waals surface area contributed by atoms with Gasteiger partial charge in [0.15, 0.2) is 5.16 Å². The zero-order valence-corrected chi connectivity index (χ0v) is 16.4. The van der Waals surface area contributed by atoms with Gasteiger partial charge in [-0.1, -0.05) is 0 Å². The number of methoxy groups -OCH3 is 2. The van der Waals surface area contributed by atoms with Gasteiger partial charge in [-0.2, -0.15) is 0 Å². The Labute approximate surface area is 168 Å². The number of rotatable bonds is 7. The number of H-pyrrole nitrogens is 1. The smallest absolute Gasteiger partial charge is 0.302 e. The zero-order chi connectivity index (χ0) is 22.8. The van der Waals surface area contributed by atoms with Crippen molar-refractivity contribution in [3.05, 3.63) is 41.2 Å². The summed E-state index contributed by atoms with van der Waals surface area (Å²) in [5.41, 5.74) is 2.87. The number of aromatic amines is 1. The second kappa shape index (κ2) is 8.39. The van der Waals surface area contributed by atoms with Crippen molar-refractivity contribution in [3.8, 4) is 11.5 Å². The van der Waals surface area contributed by atoms with Crippen molar-refractivity contribution in [3.63, 3.8) is 0 Å². The van der Waals surface area contributed by atoms with Gasteiger partial charge in [-0.3, -0.25) is 14.0 Å². The maximum Gasteiger partial charge on any atom is 0.302 e. The van der Waals surface area contributed by atoms with Gasteiger partial charge in [-0.15, -0.1) is 0 Å². The highest BCUT2D eigenvalue weighted by Gasteiger charge is 2.18. The van der Waals surface area contributed by atoms with Crippen LogP contribution in [0.2, 0.25) is 0 Å². The molecule has 0 aliphatic rings. The first-order valence-electron chi connectivity index (χ1n) is 9.79. The molecule has 1 N–H and O–H groups in total. The summed E-state index contributed by atoms with van der Waals surface area (Å²) in [7, 11) is -2.62. The molecular weight excluding hydrogens is 382 g/mol. The average Bonchev–Trinajstić information content (AvgIpc) is 3.10. The number of carbonyl (C=O) groups is 1. The molecule has 1 unspecified atom stereocenters. The lowest BCUT2D eigenvalue weighted by Crippen LogP contribution is -2.08. The third kappa shape index (κ3) is 4.14. The van der Waals surface area contributed by atoms with E-state index in [1.807, 2.05) is 0 Å². The molecule has 8 nitrogen and oxygen atoms in total. The van der Waals surface area contributed by atoms with Gasteiger partial charge in [0.2, 0.25) is 0 Å². The molecule has 1 aromatic carbocycles. The molecular formula is C19H21N3O5S. The number of benzene rings is 1. The van der Waals surface area contributed by atoms with Crippen molar-refractivity contribution < 1.29 is 27.3 Å². The molecule has 3 rings (SSSR count). The minimum atomic E-state index is -2.57. The Hall–Kier alpha value is -2.94. The van der Waals surface area contributed by atoms with Crippen LogP contribution in [0.1, 0.15) is 27.9 Å². The van der Waals surface area contributed by atoms with Crippen molar-refractivity contribution in [2.24, 2.45) is 0 Å². The van der Waals surface area contributed by atoms with Crippen LogP contribution in [0.3, 0.4) is 0 Å². The van der Waals surface area contributed by atoms with Gasteiger partial charge in [-0.25, -0.2) is 4.98 Å². The molecule has 0 amide bonds. The molecule has 3 aromatic rings. The van der Waals surface area contributed by atoms with Crippen molar-refractivity contribution in [1.29, 1.82) is 0 Å². The summed E-state index contributed by atoms with van der Waals surface area (Å²) in [6.45, 7) is 3.13. The van der Waals surface area contributed by atoms with Gasteiger partial charge in [-0.05, 0) is 19.1 Å². The molecule has 0 saturated carbocycles. The summed E-state index contributed by atoms with van der Waals surface area (Å²) in [5, 5.41) is 0.227. The molecule has 148 valence electrons. The zero-order valence-electron chi connectivity index (χ0n) is 18.6. The van der Waals surface area contributed by atoms with E-state index in [1.165, 1.54) is 32.4 Å². The number of nitrogens with one attached hydrogen (secondary N) is 1. The lowest BCUT2D eigenvalue weighted by Gasteiger charge is -2.14. The highest BCUT2D eigenvalue weighted by molar-refractivity contribution is 7.84. The predicted octanol–water partition coefficient (Wildman–Crippen LogP) is 2.65. The Morgan fingerprint density at radius 1 is 1.36 bits per heavy atom.